The van der Waals surface area contributed by atoms with Gasteiger partial charge in [-0.05, 0) is 43.7 Å². The molecule has 0 spiro atoms. The maximum Gasteiger partial charge on any atom is 0.416 e. The quantitative estimate of drug-likeness (QED) is 0.832. The maximum atomic E-state index is 12.8. The molecular weight excluding hydrogens is 305 g/mol. The molecule has 1 aliphatic heterocycles. The summed E-state index contributed by atoms with van der Waals surface area (Å²) in [5.74, 6) is -0.411. The molecule has 0 fully saturated rings. The smallest absolute Gasteiger partial charge is 0.320 e. The first-order valence-corrected chi connectivity index (χ1v) is 6.94. The van der Waals surface area contributed by atoms with Crippen LogP contribution in [-0.4, -0.2) is 11.6 Å². The second kappa shape index (κ2) is 5.22. The average Bonchev–Trinajstić information content (AvgIpc) is 2.76. The van der Waals surface area contributed by atoms with Gasteiger partial charge in [0.2, 0.25) is 0 Å². The van der Waals surface area contributed by atoms with Gasteiger partial charge in [-0.1, -0.05) is 17.7 Å². The van der Waals surface area contributed by atoms with E-state index in [4.69, 9.17) is 0 Å². The van der Waals surface area contributed by atoms with E-state index in [1.807, 2.05) is 19.9 Å². The highest BCUT2D eigenvalue weighted by Gasteiger charge is 2.31. The zero-order valence-electron chi connectivity index (χ0n) is 12.5. The lowest BCUT2D eigenvalue weighted by Crippen LogP contribution is -2.14. The van der Waals surface area contributed by atoms with E-state index in [0.717, 1.165) is 23.3 Å². The van der Waals surface area contributed by atoms with Crippen LogP contribution in [0.3, 0.4) is 0 Å². The molecule has 1 heterocycles. The molecule has 2 aromatic rings. The summed E-state index contributed by atoms with van der Waals surface area (Å²) in [7, 11) is 0. The summed E-state index contributed by atoms with van der Waals surface area (Å²) < 4.78 is 38.3. The van der Waals surface area contributed by atoms with Crippen molar-refractivity contribution in [2.24, 2.45) is 4.99 Å². The Balaban J connectivity index is 2.10. The number of rotatable bonds is 1. The van der Waals surface area contributed by atoms with Gasteiger partial charge in [-0.15, -0.1) is 0 Å². The fourth-order valence-corrected chi connectivity index (χ4v) is 2.61. The SMILES string of the molecule is Cc1cc(C)c2c(c1)C(=Nc1cccc(C(F)(F)F)c1)C(=O)N2. The number of anilines is 1. The van der Waals surface area contributed by atoms with E-state index in [-0.39, 0.29) is 11.4 Å². The normalized spacial score (nSPS) is 15.7. The van der Waals surface area contributed by atoms with Crippen LogP contribution in [0.2, 0.25) is 0 Å². The molecule has 0 atom stereocenters. The molecule has 3 rings (SSSR count). The van der Waals surface area contributed by atoms with Crippen LogP contribution in [0.15, 0.2) is 41.4 Å². The van der Waals surface area contributed by atoms with Gasteiger partial charge in [0, 0.05) is 5.56 Å². The predicted octanol–water partition coefficient (Wildman–Crippen LogP) is 4.40. The van der Waals surface area contributed by atoms with E-state index in [1.165, 1.54) is 12.1 Å². The Bertz CT molecular complexity index is 838. The molecule has 1 N–H and O–H groups in total. The van der Waals surface area contributed by atoms with Gasteiger partial charge >= 0.3 is 6.18 Å². The van der Waals surface area contributed by atoms with Crippen LogP contribution in [-0.2, 0) is 11.0 Å². The topological polar surface area (TPSA) is 41.5 Å². The summed E-state index contributed by atoms with van der Waals surface area (Å²) in [5, 5.41) is 2.72. The number of nitrogens with one attached hydrogen (secondary N) is 1. The predicted molar refractivity (Wildman–Crippen MR) is 82.2 cm³/mol. The highest BCUT2D eigenvalue weighted by atomic mass is 19.4. The largest absolute Gasteiger partial charge is 0.416 e. The van der Waals surface area contributed by atoms with Crippen LogP contribution >= 0.6 is 0 Å². The number of fused-ring (bicyclic) bond motifs is 1. The van der Waals surface area contributed by atoms with Crippen molar-refractivity contribution in [2.75, 3.05) is 5.32 Å². The van der Waals surface area contributed by atoms with Gasteiger partial charge in [0.15, 0.2) is 0 Å². The molecule has 6 heteroatoms. The Morgan fingerprint density at radius 2 is 1.83 bits per heavy atom. The van der Waals surface area contributed by atoms with Crippen LogP contribution in [0.4, 0.5) is 24.5 Å². The number of halogens is 3. The fraction of sp³-hybridized carbons (Fsp3) is 0.176. The number of hydrogen-bond donors (Lipinski definition) is 1. The minimum absolute atomic E-state index is 0.0944. The standard InChI is InChI=1S/C17H13F3N2O/c1-9-6-10(2)14-13(7-9)15(16(23)22-14)21-12-5-3-4-11(8-12)17(18,19)20/h3-8H,1-2H3,(H,21,22,23). The van der Waals surface area contributed by atoms with Crippen LogP contribution in [0.5, 0.6) is 0 Å². The van der Waals surface area contributed by atoms with Crippen LogP contribution < -0.4 is 5.32 Å². The Morgan fingerprint density at radius 3 is 2.52 bits per heavy atom. The number of carbonyl (C=O) groups excluding carboxylic acids is 1. The zero-order chi connectivity index (χ0) is 16.8. The third kappa shape index (κ3) is 2.84. The van der Waals surface area contributed by atoms with Crippen molar-refractivity contribution in [1.29, 1.82) is 0 Å². The second-order valence-corrected chi connectivity index (χ2v) is 5.47. The van der Waals surface area contributed by atoms with Gasteiger partial charge in [-0.2, -0.15) is 13.2 Å². The van der Waals surface area contributed by atoms with Gasteiger partial charge in [0.25, 0.3) is 5.91 Å². The lowest BCUT2D eigenvalue weighted by molar-refractivity contribution is -0.137. The molecule has 0 bridgehead atoms. The van der Waals surface area contributed by atoms with Crippen LogP contribution in [0, 0.1) is 13.8 Å². The molecule has 3 nitrogen and oxygen atoms in total. The second-order valence-electron chi connectivity index (χ2n) is 5.47. The summed E-state index contributed by atoms with van der Waals surface area (Å²) in [5.41, 5.74) is 2.55. The number of amides is 1. The molecule has 0 saturated carbocycles. The highest BCUT2D eigenvalue weighted by Crippen LogP contribution is 2.33. The third-order valence-corrected chi connectivity index (χ3v) is 3.60. The molecule has 1 aliphatic rings. The summed E-state index contributed by atoms with van der Waals surface area (Å²) in [4.78, 5) is 16.3. The molecule has 1 amide bonds. The van der Waals surface area contributed by atoms with Crippen molar-refractivity contribution in [1.82, 2.24) is 0 Å². The fourth-order valence-electron chi connectivity index (χ4n) is 2.61. The van der Waals surface area contributed by atoms with E-state index >= 15 is 0 Å². The van der Waals surface area contributed by atoms with Gasteiger partial charge in [-0.25, -0.2) is 4.99 Å². The minimum atomic E-state index is -4.45. The third-order valence-electron chi connectivity index (χ3n) is 3.60. The molecule has 0 radical (unpaired) electrons. The Hall–Kier alpha value is -2.63. The minimum Gasteiger partial charge on any atom is -0.320 e. The van der Waals surface area contributed by atoms with Gasteiger partial charge in [-0.3, -0.25) is 4.79 Å². The first-order chi connectivity index (χ1) is 10.8. The molecule has 0 aromatic heterocycles. The summed E-state index contributed by atoms with van der Waals surface area (Å²) in [6.45, 7) is 3.75. The summed E-state index contributed by atoms with van der Waals surface area (Å²) in [6, 6.07) is 8.34. The number of nitrogens with zero attached hydrogens (tertiary/aromatic N) is 1. The molecule has 118 valence electrons. The van der Waals surface area contributed by atoms with Crippen molar-refractivity contribution >= 4 is 23.0 Å². The van der Waals surface area contributed by atoms with Gasteiger partial charge in [0.1, 0.15) is 5.71 Å². The maximum absolute atomic E-state index is 12.8. The number of aryl methyl sites for hydroxylation is 2. The van der Waals surface area contributed by atoms with E-state index < -0.39 is 17.6 Å². The lowest BCUT2D eigenvalue weighted by Gasteiger charge is -2.07. The van der Waals surface area contributed by atoms with E-state index in [1.54, 1.807) is 6.07 Å². The monoisotopic (exact) mass is 318 g/mol. The number of alkyl halides is 3. The molecule has 23 heavy (non-hydrogen) atoms. The number of aliphatic imine (C=N–C) groups is 1. The summed E-state index contributed by atoms with van der Waals surface area (Å²) in [6.07, 6.45) is -4.45. The van der Waals surface area contributed by atoms with Crippen molar-refractivity contribution in [3.63, 3.8) is 0 Å². The van der Waals surface area contributed by atoms with Crippen molar-refractivity contribution in [3.05, 3.63) is 58.7 Å². The molecule has 0 unspecified atom stereocenters. The lowest BCUT2D eigenvalue weighted by atomic mass is 10.0. The number of benzene rings is 2. The molecule has 0 aliphatic carbocycles. The van der Waals surface area contributed by atoms with Crippen LogP contribution in [0.25, 0.3) is 0 Å². The van der Waals surface area contributed by atoms with Gasteiger partial charge in [0.05, 0.1) is 16.9 Å². The van der Waals surface area contributed by atoms with E-state index in [0.29, 0.717) is 11.3 Å². The van der Waals surface area contributed by atoms with E-state index in [2.05, 4.69) is 10.3 Å². The first-order valence-electron chi connectivity index (χ1n) is 6.94. The number of hydrogen-bond acceptors (Lipinski definition) is 2. The van der Waals surface area contributed by atoms with Gasteiger partial charge < -0.3 is 5.32 Å². The molecular formula is C17H13F3N2O. The van der Waals surface area contributed by atoms with Crippen LogP contribution in [0.1, 0.15) is 22.3 Å². The molecule has 0 saturated heterocycles. The molecule has 2 aromatic carbocycles. The number of carbonyl (C=O) groups is 1. The van der Waals surface area contributed by atoms with Crippen molar-refractivity contribution < 1.29 is 18.0 Å². The zero-order valence-corrected chi connectivity index (χ0v) is 12.5. The Labute approximate surface area is 130 Å². The first kappa shape index (κ1) is 15.3. The Morgan fingerprint density at radius 1 is 1.09 bits per heavy atom. The van der Waals surface area contributed by atoms with E-state index in [9.17, 15) is 18.0 Å². The van der Waals surface area contributed by atoms with Crippen molar-refractivity contribution in [3.8, 4) is 0 Å². The van der Waals surface area contributed by atoms with Crippen molar-refractivity contribution in [2.45, 2.75) is 20.0 Å². The highest BCUT2D eigenvalue weighted by molar-refractivity contribution is 6.54. The summed E-state index contributed by atoms with van der Waals surface area (Å²) >= 11 is 0. The average molecular weight is 318 g/mol. The Kier molecular flexibility index (Phi) is 3.47.